The van der Waals surface area contributed by atoms with Crippen LogP contribution in [-0.2, 0) is 9.53 Å². The predicted molar refractivity (Wildman–Crippen MR) is 81.8 cm³/mol. The molecule has 118 valence electrons. The molecule has 0 fully saturated rings. The molecule has 21 heavy (non-hydrogen) atoms. The SMILES string of the molecule is COC(=O)C(C)(CCOc1cccc(OC)c1)NC(C)C. The third-order valence-corrected chi connectivity index (χ3v) is 3.16. The van der Waals surface area contributed by atoms with Crippen molar-refractivity contribution in [1.29, 1.82) is 0 Å². The van der Waals surface area contributed by atoms with Gasteiger partial charge >= 0.3 is 5.97 Å². The summed E-state index contributed by atoms with van der Waals surface area (Å²) in [6, 6.07) is 7.55. The Labute approximate surface area is 126 Å². The summed E-state index contributed by atoms with van der Waals surface area (Å²) in [5.41, 5.74) is -0.762. The Balaban J connectivity index is 2.62. The molecule has 1 aromatic carbocycles. The van der Waals surface area contributed by atoms with E-state index in [1.165, 1.54) is 7.11 Å². The molecule has 0 aromatic heterocycles. The molecule has 5 nitrogen and oxygen atoms in total. The molecule has 1 aromatic rings. The summed E-state index contributed by atoms with van der Waals surface area (Å²) < 4.78 is 15.7. The summed E-state index contributed by atoms with van der Waals surface area (Å²) in [4.78, 5) is 12.0. The number of ether oxygens (including phenoxy) is 3. The number of hydrogen-bond donors (Lipinski definition) is 1. The highest BCUT2D eigenvalue weighted by Crippen LogP contribution is 2.20. The molecule has 0 amide bonds. The monoisotopic (exact) mass is 295 g/mol. The molecular formula is C16H25NO4. The van der Waals surface area contributed by atoms with Crippen LogP contribution < -0.4 is 14.8 Å². The largest absolute Gasteiger partial charge is 0.497 e. The van der Waals surface area contributed by atoms with E-state index in [9.17, 15) is 4.79 Å². The highest BCUT2D eigenvalue weighted by molar-refractivity contribution is 5.80. The van der Waals surface area contributed by atoms with E-state index < -0.39 is 5.54 Å². The Morgan fingerprint density at radius 3 is 2.52 bits per heavy atom. The number of nitrogens with one attached hydrogen (secondary N) is 1. The average molecular weight is 295 g/mol. The lowest BCUT2D eigenvalue weighted by atomic mass is 9.97. The van der Waals surface area contributed by atoms with Gasteiger partial charge in [0.25, 0.3) is 0 Å². The summed E-state index contributed by atoms with van der Waals surface area (Å²) in [7, 11) is 3.01. The molecule has 1 N–H and O–H groups in total. The Hall–Kier alpha value is -1.75. The molecule has 0 bridgehead atoms. The van der Waals surface area contributed by atoms with Gasteiger partial charge < -0.3 is 14.2 Å². The maximum atomic E-state index is 12.0. The number of carbonyl (C=O) groups excluding carboxylic acids is 1. The van der Waals surface area contributed by atoms with Crippen LogP contribution >= 0.6 is 0 Å². The number of methoxy groups -OCH3 is 2. The molecule has 1 rings (SSSR count). The van der Waals surface area contributed by atoms with E-state index in [2.05, 4.69) is 5.32 Å². The van der Waals surface area contributed by atoms with Crippen LogP contribution in [0.1, 0.15) is 27.2 Å². The first-order valence-electron chi connectivity index (χ1n) is 7.04. The van der Waals surface area contributed by atoms with Crippen LogP contribution in [-0.4, -0.2) is 38.4 Å². The molecule has 0 radical (unpaired) electrons. The van der Waals surface area contributed by atoms with Crippen molar-refractivity contribution in [1.82, 2.24) is 5.32 Å². The normalized spacial score (nSPS) is 13.6. The minimum absolute atomic E-state index is 0.172. The van der Waals surface area contributed by atoms with Gasteiger partial charge in [0.05, 0.1) is 20.8 Å². The van der Waals surface area contributed by atoms with Gasteiger partial charge in [-0.15, -0.1) is 0 Å². The van der Waals surface area contributed by atoms with Crippen molar-refractivity contribution in [2.24, 2.45) is 0 Å². The van der Waals surface area contributed by atoms with Gasteiger partial charge in [0.2, 0.25) is 0 Å². The zero-order valence-electron chi connectivity index (χ0n) is 13.4. The molecule has 0 aliphatic rings. The second-order valence-electron chi connectivity index (χ2n) is 5.40. The van der Waals surface area contributed by atoms with Crippen molar-refractivity contribution in [3.63, 3.8) is 0 Å². The number of esters is 1. The van der Waals surface area contributed by atoms with E-state index >= 15 is 0 Å². The van der Waals surface area contributed by atoms with Crippen LogP contribution in [0.3, 0.4) is 0 Å². The third-order valence-electron chi connectivity index (χ3n) is 3.16. The van der Waals surface area contributed by atoms with Crippen molar-refractivity contribution in [2.75, 3.05) is 20.8 Å². The van der Waals surface area contributed by atoms with E-state index in [0.717, 1.165) is 5.75 Å². The van der Waals surface area contributed by atoms with Gasteiger partial charge in [0.1, 0.15) is 17.0 Å². The van der Waals surface area contributed by atoms with E-state index in [-0.39, 0.29) is 12.0 Å². The van der Waals surface area contributed by atoms with Crippen molar-refractivity contribution >= 4 is 5.97 Å². The topological polar surface area (TPSA) is 56.8 Å². The Morgan fingerprint density at radius 1 is 1.29 bits per heavy atom. The quantitative estimate of drug-likeness (QED) is 0.746. The predicted octanol–water partition coefficient (Wildman–Crippen LogP) is 2.39. The number of carbonyl (C=O) groups is 1. The second-order valence-corrected chi connectivity index (χ2v) is 5.40. The molecule has 0 heterocycles. The van der Waals surface area contributed by atoms with Crippen LogP contribution in [0, 0.1) is 0 Å². The molecule has 0 aliphatic carbocycles. The molecule has 1 unspecified atom stereocenters. The minimum atomic E-state index is -0.762. The summed E-state index contributed by atoms with van der Waals surface area (Å²) in [6.07, 6.45) is 0.509. The van der Waals surface area contributed by atoms with E-state index in [1.54, 1.807) is 7.11 Å². The van der Waals surface area contributed by atoms with Crippen LogP contribution in [0.15, 0.2) is 24.3 Å². The minimum Gasteiger partial charge on any atom is -0.497 e. The third kappa shape index (κ3) is 5.27. The van der Waals surface area contributed by atoms with Gasteiger partial charge in [0.15, 0.2) is 0 Å². The lowest BCUT2D eigenvalue weighted by Gasteiger charge is -2.30. The number of benzene rings is 1. The molecular weight excluding hydrogens is 270 g/mol. The fraction of sp³-hybridized carbons (Fsp3) is 0.562. The fourth-order valence-corrected chi connectivity index (χ4v) is 2.16. The van der Waals surface area contributed by atoms with Crippen LogP contribution in [0.25, 0.3) is 0 Å². The number of hydrogen-bond acceptors (Lipinski definition) is 5. The average Bonchev–Trinajstić information content (AvgIpc) is 2.45. The van der Waals surface area contributed by atoms with E-state index in [1.807, 2.05) is 45.0 Å². The Bertz CT molecular complexity index is 461. The van der Waals surface area contributed by atoms with Gasteiger partial charge in [0, 0.05) is 18.5 Å². The van der Waals surface area contributed by atoms with Gasteiger partial charge in [-0.2, -0.15) is 0 Å². The smallest absolute Gasteiger partial charge is 0.325 e. The fourth-order valence-electron chi connectivity index (χ4n) is 2.16. The van der Waals surface area contributed by atoms with Crippen LogP contribution in [0.2, 0.25) is 0 Å². The molecule has 1 atom stereocenters. The molecule has 5 heteroatoms. The molecule has 0 spiro atoms. The first-order valence-corrected chi connectivity index (χ1v) is 7.04. The summed E-state index contributed by atoms with van der Waals surface area (Å²) >= 11 is 0. The van der Waals surface area contributed by atoms with Gasteiger partial charge in [-0.1, -0.05) is 6.07 Å². The maximum Gasteiger partial charge on any atom is 0.325 e. The molecule has 0 aliphatic heterocycles. The maximum absolute atomic E-state index is 12.0. The van der Waals surface area contributed by atoms with E-state index in [0.29, 0.717) is 18.8 Å². The van der Waals surface area contributed by atoms with E-state index in [4.69, 9.17) is 14.2 Å². The molecule has 0 saturated carbocycles. The van der Waals surface area contributed by atoms with Crippen molar-refractivity contribution in [3.05, 3.63) is 24.3 Å². The highest BCUT2D eigenvalue weighted by atomic mass is 16.5. The second kappa shape index (κ2) is 7.88. The first kappa shape index (κ1) is 17.3. The van der Waals surface area contributed by atoms with Crippen molar-refractivity contribution in [2.45, 2.75) is 38.8 Å². The standard InChI is InChI=1S/C16H25NO4/c1-12(2)17-16(3,15(18)20-5)9-10-21-14-8-6-7-13(11-14)19-4/h6-8,11-12,17H,9-10H2,1-5H3. The summed E-state index contributed by atoms with van der Waals surface area (Å²) in [6.45, 7) is 6.21. The Kier molecular flexibility index (Phi) is 6.49. The summed E-state index contributed by atoms with van der Waals surface area (Å²) in [5.74, 6) is 1.17. The zero-order chi connectivity index (χ0) is 15.9. The van der Waals surface area contributed by atoms with Gasteiger partial charge in [-0.25, -0.2) is 0 Å². The van der Waals surface area contributed by atoms with Crippen molar-refractivity contribution in [3.8, 4) is 11.5 Å². The van der Waals surface area contributed by atoms with Gasteiger partial charge in [-0.3, -0.25) is 10.1 Å². The highest BCUT2D eigenvalue weighted by Gasteiger charge is 2.34. The summed E-state index contributed by atoms with van der Waals surface area (Å²) in [5, 5.41) is 3.24. The van der Waals surface area contributed by atoms with Crippen LogP contribution in [0.5, 0.6) is 11.5 Å². The van der Waals surface area contributed by atoms with Crippen molar-refractivity contribution < 1.29 is 19.0 Å². The van der Waals surface area contributed by atoms with Gasteiger partial charge in [-0.05, 0) is 32.9 Å². The van der Waals surface area contributed by atoms with Crippen LogP contribution in [0.4, 0.5) is 0 Å². The lowest BCUT2D eigenvalue weighted by molar-refractivity contribution is -0.148. The number of rotatable bonds is 8. The Morgan fingerprint density at radius 2 is 1.95 bits per heavy atom. The lowest BCUT2D eigenvalue weighted by Crippen LogP contribution is -2.53. The molecule has 0 saturated heterocycles. The zero-order valence-corrected chi connectivity index (χ0v) is 13.4. The first-order chi connectivity index (χ1) is 9.91.